The zero-order valence-electron chi connectivity index (χ0n) is 9.04. The van der Waals surface area contributed by atoms with Gasteiger partial charge in [-0.25, -0.2) is 8.78 Å². The van der Waals surface area contributed by atoms with E-state index in [9.17, 15) is 13.6 Å². The minimum Gasteiger partial charge on any atom is -0.494 e. The number of ether oxygens (including phenoxy) is 1. The number of hydrogen-bond acceptors (Lipinski definition) is 2. The van der Waals surface area contributed by atoms with Crippen LogP contribution in [0.5, 0.6) is 5.75 Å². The predicted molar refractivity (Wildman–Crippen MR) is 59.5 cm³/mol. The number of halogens is 3. The topological polar surface area (TPSA) is 29.5 Å². The number of nitrogens with zero attached hydrogens (tertiary/aromatic N) is 1. The Hall–Kier alpha value is -1.36. The molecule has 1 aromatic rings. The lowest BCUT2D eigenvalue weighted by molar-refractivity contribution is -0.117. The van der Waals surface area contributed by atoms with Crippen molar-refractivity contribution in [3.63, 3.8) is 0 Å². The van der Waals surface area contributed by atoms with Crippen molar-refractivity contribution in [3.8, 4) is 5.75 Å². The Kier molecular flexibility index (Phi) is 3.19. The summed E-state index contributed by atoms with van der Waals surface area (Å²) in [6.07, 6.45) is 0.184. The van der Waals surface area contributed by atoms with Crippen LogP contribution in [-0.4, -0.2) is 24.9 Å². The van der Waals surface area contributed by atoms with Crippen molar-refractivity contribution < 1.29 is 18.3 Å². The summed E-state index contributed by atoms with van der Waals surface area (Å²) in [7, 11) is 1.33. The maximum atomic E-state index is 13.2. The average Bonchev–Trinajstić information content (AvgIpc) is 2.61. The summed E-state index contributed by atoms with van der Waals surface area (Å²) in [4.78, 5) is 12.9. The highest BCUT2D eigenvalue weighted by Crippen LogP contribution is 2.34. The molecule has 0 bridgehead atoms. The van der Waals surface area contributed by atoms with Crippen LogP contribution in [0.15, 0.2) is 12.1 Å². The van der Waals surface area contributed by atoms with Gasteiger partial charge in [0.1, 0.15) is 5.75 Å². The number of amides is 1. The van der Waals surface area contributed by atoms with Crippen LogP contribution >= 0.6 is 11.6 Å². The van der Waals surface area contributed by atoms with Gasteiger partial charge in [-0.2, -0.15) is 0 Å². The van der Waals surface area contributed by atoms with Gasteiger partial charge in [0.05, 0.1) is 18.2 Å². The first kappa shape index (κ1) is 12.1. The van der Waals surface area contributed by atoms with Gasteiger partial charge in [0, 0.05) is 25.1 Å². The van der Waals surface area contributed by atoms with E-state index in [0.717, 1.165) is 12.1 Å². The quantitative estimate of drug-likeness (QED) is 0.765. The Morgan fingerprint density at radius 1 is 1.41 bits per heavy atom. The number of methoxy groups -OCH3 is 1. The van der Waals surface area contributed by atoms with Crippen LogP contribution in [-0.2, 0) is 4.79 Å². The average molecular weight is 262 g/mol. The third kappa shape index (κ3) is 2.20. The van der Waals surface area contributed by atoms with Crippen molar-refractivity contribution in [2.24, 2.45) is 0 Å². The minimum absolute atomic E-state index is 0.114. The molecule has 1 amide bonds. The largest absolute Gasteiger partial charge is 0.494 e. The highest BCUT2D eigenvalue weighted by Gasteiger charge is 2.31. The molecule has 0 aliphatic carbocycles. The van der Waals surface area contributed by atoms with Crippen LogP contribution in [0.4, 0.5) is 14.5 Å². The molecule has 0 N–H and O–H groups in total. The highest BCUT2D eigenvalue weighted by atomic mass is 35.5. The number of hydrogen-bond donors (Lipinski definition) is 0. The van der Waals surface area contributed by atoms with E-state index in [1.165, 1.54) is 12.0 Å². The van der Waals surface area contributed by atoms with Crippen LogP contribution in [0.1, 0.15) is 6.42 Å². The van der Waals surface area contributed by atoms with E-state index in [1.54, 1.807) is 0 Å². The number of benzene rings is 1. The van der Waals surface area contributed by atoms with Gasteiger partial charge in [0.25, 0.3) is 0 Å². The summed E-state index contributed by atoms with van der Waals surface area (Å²) < 4.78 is 31.1. The molecular formula is C11H10ClF2NO2. The summed E-state index contributed by atoms with van der Waals surface area (Å²) >= 11 is 5.85. The molecule has 17 heavy (non-hydrogen) atoms. The molecule has 1 aromatic carbocycles. The molecule has 3 nitrogen and oxygen atoms in total. The molecular weight excluding hydrogens is 252 g/mol. The smallest absolute Gasteiger partial charge is 0.228 e. The van der Waals surface area contributed by atoms with Gasteiger partial charge in [-0.3, -0.25) is 4.79 Å². The summed E-state index contributed by atoms with van der Waals surface area (Å²) in [5.41, 5.74) is 0.208. The summed E-state index contributed by atoms with van der Waals surface area (Å²) in [6, 6.07) is 1.86. The number of carbonyl (C=O) groups is 1. The van der Waals surface area contributed by atoms with Crippen LogP contribution in [0, 0.1) is 11.6 Å². The molecule has 0 radical (unpaired) electrons. The molecule has 2 rings (SSSR count). The third-order valence-corrected chi connectivity index (χ3v) is 2.88. The molecule has 0 aromatic heterocycles. The molecule has 0 saturated carbocycles. The normalized spacial score (nSPS) is 19.9. The molecule has 1 aliphatic heterocycles. The van der Waals surface area contributed by atoms with Crippen LogP contribution in [0.3, 0.4) is 0 Å². The summed E-state index contributed by atoms with van der Waals surface area (Å²) in [5.74, 6) is -2.15. The second-order valence-corrected chi connectivity index (χ2v) is 4.36. The third-order valence-electron chi connectivity index (χ3n) is 2.59. The number of rotatable bonds is 2. The Morgan fingerprint density at radius 2 is 2.06 bits per heavy atom. The molecule has 0 spiro atoms. The predicted octanol–water partition coefficient (Wildman–Crippen LogP) is 2.32. The zero-order valence-corrected chi connectivity index (χ0v) is 9.80. The molecule has 6 heteroatoms. The SMILES string of the molecule is COc1cc(F)c(F)cc1N1CC(Cl)CC1=O. The Balaban J connectivity index is 2.44. The molecule has 1 unspecified atom stereocenters. The molecule has 1 fully saturated rings. The molecule has 1 saturated heterocycles. The van der Waals surface area contributed by atoms with Gasteiger partial charge >= 0.3 is 0 Å². The van der Waals surface area contributed by atoms with E-state index >= 15 is 0 Å². The molecule has 1 aliphatic rings. The summed E-state index contributed by atoms with van der Waals surface area (Å²) in [5, 5.41) is -0.319. The Bertz CT molecular complexity index is 467. The van der Waals surface area contributed by atoms with E-state index in [4.69, 9.17) is 16.3 Å². The number of alkyl halides is 1. The number of anilines is 1. The van der Waals surface area contributed by atoms with Crippen LogP contribution in [0.2, 0.25) is 0 Å². The lowest BCUT2D eigenvalue weighted by Crippen LogP contribution is -2.25. The van der Waals surface area contributed by atoms with Crippen molar-refractivity contribution >= 4 is 23.2 Å². The van der Waals surface area contributed by atoms with Crippen molar-refractivity contribution in [2.45, 2.75) is 11.8 Å². The standard InChI is InChI=1S/C11H10ClF2NO2/c1-17-10-4-8(14)7(13)3-9(10)15-5-6(12)2-11(15)16/h3-4,6H,2,5H2,1H3. The van der Waals surface area contributed by atoms with E-state index < -0.39 is 11.6 Å². The lowest BCUT2D eigenvalue weighted by Gasteiger charge is -2.19. The van der Waals surface area contributed by atoms with Crippen molar-refractivity contribution in [1.82, 2.24) is 0 Å². The Labute approximate surface area is 102 Å². The highest BCUT2D eigenvalue weighted by molar-refractivity contribution is 6.24. The number of carbonyl (C=O) groups excluding carboxylic acids is 1. The van der Waals surface area contributed by atoms with Gasteiger partial charge in [-0.1, -0.05) is 0 Å². The first-order valence-electron chi connectivity index (χ1n) is 5.00. The fraction of sp³-hybridized carbons (Fsp3) is 0.364. The fourth-order valence-corrected chi connectivity index (χ4v) is 2.06. The van der Waals surface area contributed by atoms with Crippen molar-refractivity contribution in [3.05, 3.63) is 23.8 Å². The van der Waals surface area contributed by atoms with Crippen LogP contribution < -0.4 is 9.64 Å². The van der Waals surface area contributed by atoms with E-state index in [1.807, 2.05) is 0 Å². The fourth-order valence-electron chi connectivity index (χ4n) is 1.79. The van der Waals surface area contributed by atoms with Gasteiger partial charge in [-0.05, 0) is 0 Å². The molecule has 92 valence electrons. The van der Waals surface area contributed by atoms with E-state index in [2.05, 4.69) is 0 Å². The van der Waals surface area contributed by atoms with Gasteiger partial charge in [0.15, 0.2) is 11.6 Å². The maximum Gasteiger partial charge on any atom is 0.228 e. The minimum atomic E-state index is -1.02. The maximum absolute atomic E-state index is 13.2. The van der Waals surface area contributed by atoms with Crippen molar-refractivity contribution in [2.75, 3.05) is 18.6 Å². The zero-order chi connectivity index (χ0) is 12.6. The van der Waals surface area contributed by atoms with Crippen molar-refractivity contribution in [1.29, 1.82) is 0 Å². The van der Waals surface area contributed by atoms with Gasteiger partial charge in [-0.15, -0.1) is 11.6 Å². The first-order chi connectivity index (χ1) is 8.02. The monoisotopic (exact) mass is 261 g/mol. The Morgan fingerprint density at radius 3 is 2.59 bits per heavy atom. The van der Waals surface area contributed by atoms with E-state index in [0.29, 0.717) is 0 Å². The van der Waals surface area contributed by atoms with Gasteiger partial charge in [0.2, 0.25) is 5.91 Å². The van der Waals surface area contributed by atoms with Gasteiger partial charge < -0.3 is 9.64 Å². The second-order valence-electron chi connectivity index (χ2n) is 3.74. The lowest BCUT2D eigenvalue weighted by atomic mass is 10.2. The molecule has 1 heterocycles. The van der Waals surface area contributed by atoms with E-state index in [-0.39, 0.29) is 35.7 Å². The molecule has 1 atom stereocenters. The summed E-state index contributed by atoms with van der Waals surface area (Å²) in [6.45, 7) is 0.266. The van der Waals surface area contributed by atoms with Crippen LogP contribution in [0.25, 0.3) is 0 Å². The second kappa shape index (κ2) is 4.49. The first-order valence-corrected chi connectivity index (χ1v) is 5.44.